The van der Waals surface area contributed by atoms with Crippen molar-refractivity contribution in [1.29, 1.82) is 0 Å². The van der Waals surface area contributed by atoms with Crippen LogP contribution < -0.4 is 0 Å². The first-order valence-electron chi connectivity index (χ1n) is 6.38. The third-order valence-electron chi connectivity index (χ3n) is 3.46. The van der Waals surface area contributed by atoms with E-state index in [1.807, 2.05) is 25.7 Å². The molecule has 18 heavy (non-hydrogen) atoms. The molecule has 0 aliphatic carbocycles. The molecule has 100 valence electrons. The fourth-order valence-corrected chi connectivity index (χ4v) is 2.33. The summed E-state index contributed by atoms with van der Waals surface area (Å²) in [6.07, 6.45) is 1.21. The number of hydrogen-bond donors (Lipinski definition) is 0. The van der Waals surface area contributed by atoms with Crippen molar-refractivity contribution in [3.8, 4) is 0 Å². The molecule has 1 aromatic heterocycles. The van der Waals surface area contributed by atoms with Gasteiger partial charge in [-0.05, 0) is 27.2 Å². The van der Waals surface area contributed by atoms with E-state index in [9.17, 15) is 4.79 Å². The van der Waals surface area contributed by atoms with Gasteiger partial charge in [-0.2, -0.15) is 0 Å². The van der Waals surface area contributed by atoms with Crippen LogP contribution in [0.2, 0.25) is 0 Å². The second-order valence-electron chi connectivity index (χ2n) is 4.81. The fraction of sp³-hybridized carbons (Fsp3) is 0.692. The molecule has 0 unspecified atom stereocenters. The Hall–Kier alpha value is -1.36. The highest BCUT2D eigenvalue weighted by Gasteiger charge is 2.23. The van der Waals surface area contributed by atoms with E-state index in [0.29, 0.717) is 32.6 Å². The Bertz CT molecular complexity index is 408. The van der Waals surface area contributed by atoms with Gasteiger partial charge in [0.25, 0.3) is 0 Å². The zero-order chi connectivity index (χ0) is 13.1. The van der Waals surface area contributed by atoms with E-state index in [1.54, 1.807) is 0 Å². The predicted octanol–water partition coefficient (Wildman–Crippen LogP) is 1.47. The van der Waals surface area contributed by atoms with Gasteiger partial charge in [0.05, 0.1) is 24.9 Å². The lowest BCUT2D eigenvalue weighted by Gasteiger charge is -2.33. The third kappa shape index (κ3) is 2.72. The lowest BCUT2D eigenvalue weighted by Crippen LogP contribution is -2.47. The first-order chi connectivity index (χ1) is 8.59. The summed E-state index contributed by atoms with van der Waals surface area (Å²) in [5.74, 6) is 1.00. The molecule has 0 bridgehead atoms. The molecule has 0 radical (unpaired) electrons. The summed E-state index contributed by atoms with van der Waals surface area (Å²) in [6, 6.07) is 0.177. The van der Waals surface area contributed by atoms with Crippen molar-refractivity contribution in [2.45, 2.75) is 39.7 Å². The van der Waals surface area contributed by atoms with Crippen LogP contribution in [0.1, 0.15) is 30.4 Å². The maximum absolute atomic E-state index is 12.1. The standard InChI is InChI=1S/C13H20N2O3/c1-9-8-17-7-6-15(9)13(16)5-4-12-10(2)14-18-11(12)3/h9H,4-8H2,1-3H3/t9-/m0/s1. The highest BCUT2D eigenvalue weighted by Crippen LogP contribution is 2.16. The minimum Gasteiger partial charge on any atom is -0.377 e. The molecule has 1 aromatic rings. The van der Waals surface area contributed by atoms with Gasteiger partial charge in [0.15, 0.2) is 0 Å². The van der Waals surface area contributed by atoms with Crippen LogP contribution in [0, 0.1) is 13.8 Å². The molecule has 1 aliphatic rings. The molecule has 1 fully saturated rings. The molecule has 0 saturated carbocycles. The Balaban J connectivity index is 1.92. The Morgan fingerprint density at radius 1 is 1.50 bits per heavy atom. The van der Waals surface area contributed by atoms with Crippen molar-refractivity contribution in [3.63, 3.8) is 0 Å². The molecule has 2 heterocycles. The highest BCUT2D eigenvalue weighted by molar-refractivity contribution is 5.77. The quantitative estimate of drug-likeness (QED) is 0.817. The maximum atomic E-state index is 12.1. The van der Waals surface area contributed by atoms with Gasteiger partial charge in [-0.3, -0.25) is 4.79 Å². The van der Waals surface area contributed by atoms with Gasteiger partial charge in [-0.15, -0.1) is 0 Å². The van der Waals surface area contributed by atoms with E-state index in [0.717, 1.165) is 17.0 Å². The number of carbonyl (C=O) groups excluding carboxylic acids is 1. The topological polar surface area (TPSA) is 55.6 Å². The molecule has 1 atom stereocenters. The van der Waals surface area contributed by atoms with Gasteiger partial charge >= 0.3 is 0 Å². The number of carbonyl (C=O) groups is 1. The Morgan fingerprint density at radius 2 is 2.28 bits per heavy atom. The molecule has 1 aliphatic heterocycles. The average Bonchev–Trinajstić information content (AvgIpc) is 2.67. The molecule has 5 nitrogen and oxygen atoms in total. The molecule has 2 rings (SSSR count). The first kappa shape index (κ1) is 13.1. The molecular formula is C13H20N2O3. The van der Waals surface area contributed by atoms with Gasteiger partial charge in [-0.1, -0.05) is 5.16 Å². The van der Waals surface area contributed by atoms with Crippen molar-refractivity contribution in [2.24, 2.45) is 0 Å². The maximum Gasteiger partial charge on any atom is 0.223 e. The van der Waals surface area contributed by atoms with Crippen LogP contribution in [0.3, 0.4) is 0 Å². The average molecular weight is 252 g/mol. The number of aromatic nitrogens is 1. The van der Waals surface area contributed by atoms with Crippen LogP contribution in [-0.2, 0) is 16.0 Å². The lowest BCUT2D eigenvalue weighted by atomic mass is 10.1. The summed E-state index contributed by atoms with van der Waals surface area (Å²) < 4.78 is 10.4. The van der Waals surface area contributed by atoms with Gasteiger partial charge in [0.1, 0.15) is 5.76 Å². The third-order valence-corrected chi connectivity index (χ3v) is 3.46. The minimum absolute atomic E-state index is 0.177. The summed E-state index contributed by atoms with van der Waals surface area (Å²) >= 11 is 0. The molecule has 0 N–H and O–H groups in total. The second-order valence-corrected chi connectivity index (χ2v) is 4.81. The highest BCUT2D eigenvalue weighted by atomic mass is 16.5. The van der Waals surface area contributed by atoms with Crippen LogP contribution in [0.15, 0.2) is 4.52 Å². The Kier molecular flexibility index (Phi) is 4.01. The molecule has 0 spiro atoms. The number of rotatable bonds is 3. The zero-order valence-corrected chi connectivity index (χ0v) is 11.2. The van der Waals surface area contributed by atoms with Gasteiger partial charge in [0.2, 0.25) is 5.91 Å². The Morgan fingerprint density at radius 3 is 2.89 bits per heavy atom. The zero-order valence-electron chi connectivity index (χ0n) is 11.2. The normalized spacial score (nSPS) is 20.2. The van der Waals surface area contributed by atoms with Crippen LogP contribution in [0.25, 0.3) is 0 Å². The largest absolute Gasteiger partial charge is 0.377 e. The van der Waals surface area contributed by atoms with Crippen molar-refractivity contribution in [2.75, 3.05) is 19.8 Å². The first-order valence-corrected chi connectivity index (χ1v) is 6.38. The summed E-state index contributed by atoms with van der Waals surface area (Å²) in [5, 5.41) is 3.90. The summed E-state index contributed by atoms with van der Waals surface area (Å²) in [5.41, 5.74) is 1.94. The van der Waals surface area contributed by atoms with Crippen LogP contribution in [0.4, 0.5) is 0 Å². The summed E-state index contributed by atoms with van der Waals surface area (Å²) in [6.45, 7) is 7.79. The van der Waals surface area contributed by atoms with Gasteiger partial charge in [0, 0.05) is 18.5 Å². The predicted molar refractivity (Wildman–Crippen MR) is 66.3 cm³/mol. The van der Waals surface area contributed by atoms with E-state index in [1.165, 1.54) is 0 Å². The minimum atomic E-state index is 0.177. The van der Waals surface area contributed by atoms with Crippen molar-refractivity contribution >= 4 is 5.91 Å². The second kappa shape index (κ2) is 5.52. The van der Waals surface area contributed by atoms with E-state index in [2.05, 4.69) is 5.16 Å². The summed E-state index contributed by atoms with van der Waals surface area (Å²) in [7, 11) is 0. The molecule has 5 heteroatoms. The molecular weight excluding hydrogens is 232 g/mol. The van der Waals surface area contributed by atoms with Crippen molar-refractivity contribution in [1.82, 2.24) is 10.1 Å². The monoisotopic (exact) mass is 252 g/mol. The summed E-state index contributed by atoms with van der Waals surface area (Å²) in [4.78, 5) is 14.1. The smallest absolute Gasteiger partial charge is 0.223 e. The number of hydrogen-bond acceptors (Lipinski definition) is 4. The van der Waals surface area contributed by atoms with Crippen molar-refractivity contribution < 1.29 is 14.1 Å². The Labute approximate surface area is 107 Å². The fourth-order valence-electron chi connectivity index (χ4n) is 2.33. The molecule has 1 amide bonds. The van der Waals surface area contributed by atoms with Crippen LogP contribution >= 0.6 is 0 Å². The number of morpholine rings is 1. The van der Waals surface area contributed by atoms with E-state index in [-0.39, 0.29) is 11.9 Å². The number of ether oxygens (including phenoxy) is 1. The SMILES string of the molecule is Cc1noc(C)c1CCC(=O)N1CCOC[C@@H]1C. The molecule has 0 aromatic carbocycles. The number of amides is 1. The van der Waals surface area contributed by atoms with Crippen LogP contribution in [-0.4, -0.2) is 41.8 Å². The van der Waals surface area contributed by atoms with Gasteiger partial charge in [-0.25, -0.2) is 0 Å². The number of aryl methyl sites for hydroxylation is 2. The van der Waals surface area contributed by atoms with E-state index >= 15 is 0 Å². The molecule has 1 saturated heterocycles. The van der Waals surface area contributed by atoms with E-state index < -0.39 is 0 Å². The van der Waals surface area contributed by atoms with E-state index in [4.69, 9.17) is 9.26 Å². The van der Waals surface area contributed by atoms with Crippen molar-refractivity contribution in [3.05, 3.63) is 17.0 Å². The van der Waals surface area contributed by atoms with Crippen LogP contribution in [0.5, 0.6) is 0 Å². The van der Waals surface area contributed by atoms with Gasteiger partial charge < -0.3 is 14.2 Å². The lowest BCUT2D eigenvalue weighted by molar-refractivity contribution is -0.139. The number of nitrogens with zero attached hydrogens (tertiary/aromatic N) is 2.